The quantitative estimate of drug-likeness (QED) is 0.225. The Morgan fingerprint density at radius 3 is 1.23 bits per heavy atom. The van der Waals surface area contributed by atoms with Crippen LogP contribution in [0.2, 0.25) is 0 Å². The molecule has 0 aliphatic carbocycles. The molecule has 0 spiro atoms. The summed E-state index contributed by atoms with van der Waals surface area (Å²) in [6, 6.07) is 39.8. The summed E-state index contributed by atoms with van der Waals surface area (Å²) in [4.78, 5) is 4.28. The van der Waals surface area contributed by atoms with Gasteiger partial charge in [-0.15, -0.1) is 0 Å². The van der Waals surface area contributed by atoms with Crippen LogP contribution < -0.4 is 20.4 Å². The third-order valence-electron chi connectivity index (χ3n) is 6.92. The zero-order chi connectivity index (χ0) is 25.1. The Morgan fingerprint density at radius 1 is 0.571 bits per heavy atom. The van der Waals surface area contributed by atoms with Crippen LogP contribution in [0.25, 0.3) is 0 Å². The van der Waals surface area contributed by atoms with Gasteiger partial charge in [-0.05, 0) is 59.7 Å². The number of thiol groups is 1. The summed E-state index contributed by atoms with van der Waals surface area (Å²) in [5, 5.41) is 2.80. The molecule has 4 rings (SSSR count). The summed E-state index contributed by atoms with van der Waals surface area (Å²) in [5.74, 6) is 0. The van der Waals surface area contributed by atoms with E-state index in [0.29, 0.717) is 0 Å². The highest BCUT2D eigenvalue weighted by molar-refractivity contribution is 7.90. The number of hydrogen-bond acceptors (Lipinski definition) is 3. The molecule has 0 bridgehead atoms. The minimum atomic E-state index is -1.79. The summed E-state index contributed by atoms with van der Waals surface area (Å²) < 4.78 is -0.454. The van der Waals surface area contributed by atoms with Gasteiger partial charge in [0, 0.05) is 39.6 Å². The van der Waals surface area contributed by atoms with Crippen LogP contribution in [-0.2, 0) is 4.75 Å². The minimum Gasteiger partial charge on any atom is -0.378 e. The molecule has 0 aromatic heterocycles. The van der Waals surface area contributed by atoms with Gasteiger partial charge in [0.15, 0.2) is 0 Å². The maximum Gasteiger partial charge on any atom is 0.0989 e. The van der Waals surface area contributed by atoms with Gasteiger partial charge in [-0.3, -0.25) is 0 Å². The van der Waals surface area contributed by atoms with Gasteiger partial charge in [0.1, 0.15) is 0 Å². The van der Waals surface area contributed by atoms with Crippen LogP contribution in [0.3, 0.4) is 0 Å². The molecule has 0 heterocycles. The molecular weight excluding hydrogens is 463 g/mol. The molecule has 0 saturated carbocycles. The van der Waals surface area contributed by atoms with Crippen molar-refractivity contribution in [2.24, 2.45) is 0 Å². The van der Waals surface area contributed by atoms with Crippen molar-refractivity contribution in [3.63, 3.8) is 0 Å². The summed E-state index contributed by atoms with van der Waals surface area (Å²) in [7, 11) is 6.53. The monoisotopic (exact) mass is 499 g/mol. The van der Waals surface area contributed by atoms with E-state index in [9.17, 15) is 0 Å². The molecule has 35 heavy (non-hydrogen) atoms. The smallest absolute Gasteiger partial charge is 0.0989 e. The molecule has 0 aliphatic rings. The van der Waals surface area contributed by atoms with E-state index < -0.39 is 12.0 Å². The number of rotatable bonds is 8. The molecular formula is C31H36N2PS+. The first-order valence-corrected chi connectivity index (χ1v) is 14.9. The van der Waals surface area contributed by atoms with Crippen LogP contribution in [0.5, 0.6) is 0 Å². The van der Waals surface area contributed by atoms with Crippen molar-refractivity contribution in [2.45, 2.75) is 4.75 Å². The Hall–Kier alpha value is -2.74. The summed E-state index contributed by atoms with van der Waals surface area (Å²) in [6.07, 6.45) is 0.916. The largest absolute Gasteiger partial charge is 0.378 e. The topological polar surface area (TPSA) is 6.48 Å². The van der Waals surface area contributed by atoms with Crippen LogP contribution in [0.1, 0.15) is 11.1 Å². The summed E-state index contributed by atoms with van der Waals surface area (Å²) in [6.45, 7) is 2.46. The van der Waals surface area contributed by atoms with Gasteiger partial charge >= 0.3 is 0 Å². The van der Waals surface area contributed by atoms with E-state index in [1.165, 1.54) is 33.1 Å². The van der Waals surface area contributed by atoms with Crippen LogP contribution in [0, 0.1) is 0 Å². The van der Waals surface area contributed by atoms with Crippen molar-refractivity contribution in [3.8, 4) is 0 Å². The van der Waals surface area contributed by atoms with Crippen LogP contribution in [-0.4, -0.2) is 41.0 Å². The van der Waals surface area contributed by atoms with Gasteiger partial charge in [0.25, 0.3) is 0 Å². The maximum absolute atomic E-state index is 5.56. The second kappa shape index (κ2) is 10.5. The van der Waals surface area contributed by atoms with Gasteiger partial charge in [-0.25, -0.2) is 0 Å². The average molecular weight is 500 g/mol. The molecule has 0 saturated heterocycles. The highest BCUT2D eigenvalue weighted by atomic mass is 32.1. The fourth-order valence-electron chi connectivity index (χ4n) is 4.72. The zero-order valence-electron chi connectivity index (χ0n) is 21.4. The predicted octanol–water partition coefficient (Wildman–Crippen LogP) is 6.29. The summed E-state index contributed by atoms with van der Waals surface area (Å²) in [5.41, 5.74) is 4.83. The number of anilines is 2. The molecule has 0 atom stereocenters. The van der Waals surface area contributed by atoms with E-state index in [-0.39, 0.29) is 0 Å². The van der Waals surface area contributed by atoms with E-state index in [1.54, 1.807) is 0 Å². The molecule has 0 unspecified atom stereocenters. The van der Waals surface area contributed by atoms with Crippen molar-refractivity contribution < 1.29 is 0 Å². The van der Waals surface area contributed by atoms with Crippen molar-refractivity contribution in [1.82, 2.24) is 0 Å². The van der Waals surface area contributed by atoms with Crippen LogP contribution in [0.15, 0.2) is 109 Å². The highest BCUT2D eigenvalue weighted by Crippen LogP contribution is 2.59. The first kappa shape index (κ1) is 25.4. The van der Waals surface area contributed by atoms with Gasteiger partial charge in [-0.1, -0.05) is 60.7 Å². The standard InChI is InChI=1S/C31H35N2PS/c1-32(2)27-20-16-25(17-21-27)31(35,26-18-22-28(23-19-26)33(3)4)24-34(5,29-12-8-6-9-13-29)30-14-10-7-11-15-30/h6-23H,24H2,1-5H3/p+1. The minimum absolute atomic E-state index is 0.454. The van der Waals surface area contributed by atoms with E-state index in [1.807, 2.05) is 0 Å². The van der Waals surface area contributed by atoms with Crippen molar-refractivity contribution in [3.05, 3.63) is 120 Å². The second-order valence-electron chi connectivity index (χ2n) is 9.76. The SMILES string of the molecule is CN(C)c1ccc(C(S)(C[P+](C)(c2ccccc2)c2ccccc2)c2ccc(N(C)C)cc2)cc1. The van der Waals surface area contributed by atoms with E-state index in [4.69, 9.17) is 12.6 Å². The lowest BCUT2D eigenvalue weighted by atomic mass is 9.91. The Labute approximate surface area is 217 Å². The van der Waals surface area contributed by atoms with Crippen molar-refractivity contribution >= 4 is 41.9 Å². The van der Waals surface area contributed by atoms with E-state index >= 15 is 0 Å². The first-order chi connectivity index (χ1) is 16.7. The third-order valence-corrected chi connectivity index (χ3v) is 11.8. The molecule has 4 aromatic carbocycles. The Balaban J connectivity index is 1.89. The van der Waals surface area contributed by atoms with Gasteiger partial charge in [-0.2, -0.15) is 12.6 Å². The molecule has 2 nitrogen and oxygen atoms in total. The third kappa shape index (κ3) is 5.27. The van der Waals surface area contributed by atoms with Gasteiger partial charge < -0.3 is 9.80 Å². The lowest BCUT2D eigenvalue weighted by molar-refractivity contribution is 0.854. The lowest BCUT2D eigenvalue weighted by Gasteiger charge is -2.35. The maximum atomic E-state index is 5.56. The fourth-order valence-corrected chi connectivity index (χ4v) is 9.47. The summed E-state index contributed by atoms with van der Waals surface area (Å²) >= 11 is 5.56. The molecule has 0 radical (unpaired) electrons. The normalized spacial score (nSPS) is 11.8. The molecule has 0 amide bonds. The average Bonchev–Trinajstić information content (AvgIpc) is 2.89. The predicted molar refractivity (Wildman–Crippen MR) is 161 cm³/mol. The Kier molecular flexibility index (Phi) is 7.59. The van der Waals surface area contributed by atoms with E-state index in [2.05, 4.69) is 154 Å². The van der Waals surface area contributed by atoms with Gasteiger partial charge in [0.2, 0.25) is 0 Å². The van der Waals surface area contributed by atoms with Gasteiger partial charge in [0.05, 0.1) is 35.4 Å². The first-order valence-electron chi connectivity index (χ1n) is 12.0. The molecule has 0 aliphatic heterocycles. The molecule has 0 N–H and O–H groups in total. The second-order valence-corrected chi connectivity index (χ2v) is 14.3. The van der Waals surface area contributed by atoms with Crippen molar-refractivity contribution in [1.29, 1.82) is 0 Å². The molecule has 180 valence electrons. The van der Waals surface area contributed by atoms with E-state index in [0.717, 1.165) is 6.16 Å². The number of hydrogen-bond donors (Lipinski definition) is 1. The molecule has 0 fully saturated rings. The lowest BCUT2D eigenvalue weighted by Crippen LogP contribution is -2.34. The van der Waals surface area contributed by atoms with Crippen LogP contribution >= 0.6 is 19.9 Å². The Bertz CT molecular complexity index is 1130. The number of benzene rings is 4. The zero-order valence-corrected chi connectivity index (χ0v) is 23.2. The Morgan fingerprint density at radius 2 is 0.914 bits per heavy atom. The fraction of sp³-hybridized carbons (Fsp3) is 0.226. The van der Waals surface area contributed by atoms with Crippen molar-refractivity contribution in [2.75, 3.05) is 50.8 Å². The highest BCUT2D eigenvalue weighted by Gasteiger charge is 2.47. The molecule has 4 aromatic rings. The van der Waals surface area contributed by atoms with Crippen LogP contribution in [0.4, 0.5) is 11.4 Å². The molecule has 4 heteroatoms. The number of nitrogens with zero attached hydrogens (tertiary/aromatic N) is 2.